The van der Waals surface area contributed by atoms with Crippen LogP contribution >= 0.6 is 11.6 Å². The Morgan fingerprint density at radius 2 is 2.22 bits per heavy atom. The molecule has 0 spiro atoms. The highest BCUT2D eigenvalue weighted by molar-refractivity contribution is 6.32. The van der Waals surface area contributed by atoms with Gasteiger partial charge < -0.3 is 4.74 Å². The summed E-state index contributed by atoms with van der Waals surface area (Å²) in [5.41, 5.74) is 1.60. The molecule has 0 aliphatic heterocycles. The van der Waals surface area contributed by atoms with E-state index in [0.717, 1.165) is 11.3 Å². The van der Waals surface area contributed by atoms with Crippen LogP contribution < -0.4 is 4.74 Å². The van der Waals surface area contributed by atoms with E-state index < -0.39 is 0 Å². The molecule has 0 aliphatic carbocycles. The number of nitriles is 1. The van der Waals surface area contributed by atoms with E-state index >= 15 is 0 Å². The summed E-state index contributed by atoms with van der Waals surface area (Å²) in [6, 6.07) is 9.22. The zero-order valence-corrected chi connectivity index (χ0v) is 10.5. The molecule has 90 valence electrons. The summed E-state index contributed by atoms with van der Waals surface area (Å²) in [7, 11) is 1.57. The summed E-state index contributed by atoms with van der Waals surface area (Å²) in [5, 5.41) is 9.15. The molecule has 2 aromatic rings. The van der Waals surface area contributed by atoms with Crippen molar-refractivity contribution in [3.8, 4) is 23.1 Å². The maximum Gasteiger partial charge on any atom is 0.142 e. The van der Waals surface area contributed by atoms with Gasteiger partial charge in [-0.3, -0.25) is 0 Å². The van der Waals surface area contributed by atoms with E-state index in [1.165, 1.54) is 0 Å². The predicted octanol–water partition coefficient (Wildman–Crippen LogP) is 2.87. The van der Waals surface area contributed by atoms with E-state index in [4.69, 9.17) is 21.6 Å². The van der Waals surface area contributed by atoms with Crippen molar-refractivity contribution in [2.24, 2.45) is 0 Å². The maximum atomic E-state index is 8.63. The fourth-order valence-electron chi connectivity index (χ4n) is 1.54. The molecular formula is C13H10ClN3O. The molecule has 0 bridgehead atoms. The second kappa shape index (κ2) is 5.48. The number of hydrogen-bond donors (Lipinski definition) is 0. The summed E-state index contributed by atoms with van der Waals surface area (Å²) in [6.07, 6.45) is 1.82. The second-order valence-electron chi connectivity index (χ2n) is 3.54. The molecule has 0 atom stereocenters. The van der Waals surface area contributed by atoms with Crippen LogP contribution in [0.3, 0.4) is 0 Å². The Hall–Kier alpha value is -2.12. The number of aromatic nitrogens is 2. The third-order valence-electron chi connectivity index (χ3n) is 2.39. The van der Waals surface area contributed by atoms with Gasteiger partial charge in [0, 0.05) is 11.8 Å². The first-order valence-electron chi connectivity index (χ1n) is 5.27. The fraction of sp³-hybridized carbons (Fsp3) is 0.154. The normalized spacial score (nSPS) is 9.83. The van der Waals surface area contributed by atoms with Gasteiger partial charge in [-0.05, 0) is 24.3 Å². The third kappa shape index (κ3) is 2.58. The van der Waals surface area contributed by atoms with Crippen molar-refractivity contribution < 1.29 is 4.74 Å². The lowest BCUT2D eigenvalue weighted by molar-refractivity contribution is 0.415. The van der Waals surface area contributed by atoms with Crippen molar-refractivity contribution in [1.82, 2.24) is 9.97 Å². The molecule has 0 fully saturated rings. The van der Waals surface area contributed by atoms with Gasteiger partial charge >= 0.3 is 0 Å². The highest BCUT2D eigenvalue weighted by Crippen LogP contribution is 2.29. The first-order chi connectivity index (χ1) is 8.74. The molecule has 0 N–H and O–H groups in total. The van der Waals surface area contributed by atoms with E-state index in [0.29, 0.717) is 16.6 Å². The van der Waals surface area contributed by atoms with E-state index in [2.05, 4.69) is 9.97 Å². The number of nitrogens with zero attached hydrogens (tertiary/aromatic N) is 3. The lowest BCUT2D eigenvalue weighted by Crippen LogP contribution is -1.95. The van der Waals surface area contributed by atoms with Crippen LogP contribution in [-0.4, -0.2) is 17.1 Å². The smallest absolute Gasteiger partial charge is 0.142 e. The van der Waals surface area contributed by atoms with Gasteiger partial charge in [-0.2, -0.15) is 5.26 Å². The zero-order valence-electron chi connectivity index (χ0n) is 9.72. The number of benzene rings is 1. The molecule has 1 aromatic heterocycles. The predicted molar refractivity (Wildman–Crippen MR) is 68.3 cm³/mol. The van der Waals surface area contributed by atoms with E-state index in [-0.39, 0.29) is 6.42 Å². The van der Waals surface area contributed by atoms with Crippen LogP contribution in [-0.2, 0) is 6.42 Å². The van der Waals surface area contributed by atoms with Gasteiger partial charge in [0.2, 0.25) is 0 Å². The molecule has 0 radical (unpaired) electrons. The van der Waals surface area contributed by atoms with Crippen LogP contribution in [0.2, 0.25) is 5.02 Å². The van der Waals surface area contributed by atoms with Crippen molar-refractivity contribution in [2.75, 3.05) is 7.11 Å². The van der Waals surface area contributed by atoms with Crippen molar-refractivity contribution in [3.63, 3.8) is 0 Å². The summed E-state index contributed by atoms with van der Waals surface area (Å²) in [6.45, 7) is 0. The number of methoxy groups -OCH3 is 1. The van der Waals surface area contributed by atoms with Gasteiger partial charge in [-0.1, -0.05) is 11.6 Å². The van der Waals surface area contributed by atoms with Gasteiger partial charge in [0.15, 0.2) is 0 Å². The van der Waals surface area contributed by atoms with Crippen LogP contribution in [0.5, 0.6) is 5.75 Å². The molecule has 0 amide bonds. The van der Waals surface area contributed by atoms with Crippen LogP contribution in [0.25, 0.3) is 11.3 Å². The van der Waals surface area contributed by atoms with Gasteiger partial charge in [0.25, 0.3) is 0 Å². The van der Waals surface area contributed by atoms with Crippen LogP contribution in [0.4, 0.5) is 0 Å². The van der Waals surface area contributed by atoms with E-state index in [1.54, 1.807) is 31.5 Å². The lowest BCUT2D eigenvalue weighted by atomic mass is 10.1. The Morgan fingerprint density at radius 3 is 2.89 bits per heavy atom. The van der Waals surface area contributed by atoms with Gasteiger partial charge in [0.1, 0.15) is 11.6 Å². The molecule has 0 aliphatic rings. The minimum atomic E-state index is 0.192. The summed E-state index contributed by atoms with van der Waals surface area (Å²) >= 11 is 6.06. The molecule has 0 saturated heterocycles. The van der Waals surface area contributed by atoms with Crippen molar-refractivity contribution in [2.45, 2.75) is 6.42 Å². The minimum Gasteiger partial charge on any atom is -0.495 e. The first-order valence-corrected chi connectivity index (χ1v) is 5.65. The highest BCUT2D eigenvalue weighted by atomic mass is 35.5. The second-order valence-corrected chi connectivity index (χ2v) is 3.95. The Balaban J connectivity index is 2.39. The standard InChI is InChI=1S/C13H10ClN3O/c1-18-12-3-2-9(8-10(12)14)11-5-7-16-13(17-11)4-6-15/h2-3,5,7-8H,4H2,1H3. The average molecular weight is 260 g/mol. The summed E-state index contributed by atoms with van der Waals surface area (Å²) in [5.74, 6) is 1.12. The van der Waals surface area contributed by atoms with Crippen LogP contribution in [0, 0.1) is 11.3 Å². The third-order valence-corrected chi connectivity index (χ3v) is 2.69. The number of ether oxygens (including phenoxy) is 1. The lowest BCUT2D eigenvalue weighted by Gasteiger charge is -2.06. The first kappa shape index (κ1) is 12.3. The molecule has 0 saturated carbocycles. The molecule has 18 heavy (non-hydrogen) atoms. The molecule has 1 aromatic carbocycles. The van der Waals surface area contributed by atoms with E-state index in [1.807, 2.05) is 12.1 Å². The average Bonchev–Trinajstić information content (AvgIpc) is 2.39. The Bertz CT molecular complexity index is 607. The zero-order chi connectivity index (χ0) is 13.0. The molecule has 4 nitrogen and oxygen atoms in total. The minimum absolute atomic E-state index is 0.192. The summed E-state index contributed by atoms with van der Waals surface area (Å²) in [4.78, 5) is 8.32. The van der Waals surface area contributed by atoms with Gasteiger partial charge in [-0.25, -0.2) is 9.97 Å². The van der Waals surface area contributed by atoms with E-state index in [9.17, 15) is 0 Å². The quantitative estimate of drug-likeness (QED) is 0.850. The number of hydrogen-bond acceptors (Lipinski definition) is 4. The van der Waals surface area contributed by atoms with Crippen LogP contribution in [0.15, 0.2) is 30.5 Å². The molecule has 1 heterocycles. The molecule has 5 heteroatoms. The monoisotopic (exact) mass is 259 g/mol. The number of rotatable bonds is 3. The number of halogens is 1. The molecule has 0 unspecified atom stereocenters. The SMILES string of the molecule is COc1ccc(-c2ccnc(CC#N)n2)cc1Cl. The highest BCUT2D eigenvalue weighted by Gasteiger charge is 2.06. The largest absolute Gasteiger partial charge is 0.495 e. The van der Waals surface area contributed by atoms with Gasteiger partial charge in [0.05, 0.1) is 30.3 Å². The molecular weight excluding hydrogens is 250 g/mol. The fourth-order valence-corrected chi connectivity index (χ4v) is 1.80. The summed E-state index contributed by atoms with van der Waals surface area (Å²) < 4.78 is 5.09. The van der Waals surface area contributed by atoms with Crippen molar-refractivity contribution in [1.29, 1.82) is 5.26 Å². The van der Waals surface area contributed by atoms with Crippen molar-refractivity contribution >= 4 is 11.6 Å². The Kier molecular flexibility index (Phi) is 3.75. The van der Waals surface area contributed by atoms with Crippen molar-refractivity contribution in [3.05, 3.63) is 41.3 Å². The topological polar surface area (TPSA) is 58.8 Å². The van der Waals surface area contributed by atoms with Crippen LogP contribution in [0.1, 0.15) is 5.82 Å². The Morgan fingerprint density at radius 1 is 1.39 bits per heavy atom. The molecule has 2 rings (SSSR count). The Labute approximate surface area is 110 Å². The maximum absolute atomic E-state index is 8.63. The van der Waals surface area contributed by atoms with Gasteiger partial charge in [-0.15, -0.1) is 0 Å².